The number of aromatic nitrogens is 2. The molecule has 2 aromatic carbocycles. The Balaban J connectivity index is 1.83. The summed E-state index contributed by atoms with van der Waals surface area (Å²) in [5, 5.41) is 3.25. The van der Waals surface area contributed by atoms with Gasteiger partial charge in [-0.1, -0.05) is 30.3 Å². The SMILES string of the molecule is COc1ccc(Nc2nc(C)cc(N(C)Cc3ccccc3)n2)c(OC)c1. The minimum atomic E-state index is 0.522. The summed E-state index contributed by atoms with van der Waals surface area (Å²) < 4.78 is 10.7. The molecule has 0 fully saturated rings. The van der Waals surface area contributed by atoms with Crippen molar-refractivity contribution in [3.63, 3.8) is 0 Å². The van der Waals surface area contributed by atoms with Crippen LogP contribution in [-0.4, -0.2) is 31.2 Å². The molecule has 27 heavy (non-hydrogen) atoms. The van der Waals surface area contributed by atoms with E-state index < -0.39 is 0 Å². The van der Waals surface area contributed by atoms with Crippen molar-refractivity contribution in [3.8, 4) is 11.5 Å². The van der Waals surface area contributed by atoms with E-state index in [1.165, 1.54) is 5.56 Å². The van der Waals surface area contributed by atoms with Crippen molar-refractivity contribution in [2.45, 2.75) is 13.5 Å². The van der Waals surface area contributed by atoms with Crippen LogP contribution in [0.2, 0.25) is 0 Å². The van der Waals surface area contributed by atoms with Gasteiger partial charge in [-0.25, -0.2) is 4.98 Å². The highest BCUT2D eigenvalue weighted by Gasteiger charge is 2.11. The lowest BCUT2D eigenvalue weighted by atomic mass is 10.2. The second-order valence-corrected chi connectivity index (χ2v) is 6.22. The van der Waals surface area contributed by atoms with E-state index in [1.54, 1.807) is 14.2 Å². The topological polar surface area (TPSA) is 59.5 Å². The van der Waals surface area contributed by atoms with Gasteiger partial charge in [0, 0.05) is 31.4 Å². The maximum Gasteiger partial charge on any atom is 0.229 e. The van der Waals surface area contributed by atoms with E-state index in [2.05, 4.69) is 32.3 Å². The van der Waals surface area contributed by atoms with E-state index in [0.717, 1.165) is 29.5 Å². The zero-order valence-corrected chi connectivity index (χ0v) is 16.1. The number of nitrogens with one attached hydrogen (secondary N) is 1. The normalized spacial score (nSPS) is 10.4. The van der Waals surface area contributed by atoms with Crippen LogP contribution in [0, 0.1) is 6.92 Å². The molecule has 0 aliphatic rings. The fraction of sp³-hybridized carbons (Fsp3) is 0.238. The van der Waals surface area contributed by atoms with Crippen LogP contribution in [0.3, 0.4) is 0 Å². The van der Waals surface area contributed by atoms with Crippen molar-refractivity contribution in [1.82, 2.24) is 9.97 Å². The molecule has 0 aliphatic heterocycles. The van der Waals surface area contributed by atoms with E-state index in [4.69, 9.17) is 9.47 Å². The molecule has 0 radical (unpaired) electrons. The molecule has 0 aliphatic carbocycles. The van der Waals surface area contributed by atoms with Crippen LogP contribution in [0.1, 0.15) is 11.3 Å². The number of anilines is 3. The maximum atomic E-state index is 5.44. The van der Waals surface area contributed by atoms with Gasteiger partial charge in [0.25, 0.3) is 0 Å². The molecule has 0 spiro atoms. The van der Waals surface area contributed by atoms with Gasteiger partial charge in [-0.2, -0.15) is 4.98 Å². The minimum absolute atomic E-state index is 0.522. The fourth-order valence-electron chi connectivity index (χ4n) is 2.76. The number of ether oxygens (including phenoxy) is 2. The first-order chi connectivity index (χ1) is 13.1. The van der Waals surface area contributed by atoms with Crippen LogP contribution in [-0.2, 0) is 6.54 Å². The van der Waals surface area contributed by atoms with Crippen LogP contribution < -0.4 is 19.7 Å². The number of hydrogen-bond donors (Lipinski definition) is 1. The summed E-state index contributed by atoms with van der Waals surface area (Å²) in [4.78, 5) is 11.3. The third-order valence-electron chi connectivity index (χ3n) is 4.15. The lowest BCUT2D eigenvalue weighted by Crippen LogP contribution is -2.18. The van der Waals surface area contributed by atoms with Gasteiger partial charge in [0.1, 0.15) is 17.3 Å². The average Bonchev–Trinajstić information content (AvgIpc) is 2.68. The van der Waals surface area contributed by atoms with Gasteiger partial charge in [-0.05, 0) is 24.6 Å². The van der Waals surface area contributed by atoms with E-state index in [1.807, 2.05) is 56.4 Å². The van der Waals surface area contributed by atoms with Gasteiger partial charge in [-0.15, -0.1) is 0 Å². The van der Waals surface area contributed by atoms with E-state index in [0.29, 0.717) is 11.7 Å². The molecule has 1 heterocycles. The zero-order valence-electron chi connectivity index (χ0n) is 16.1. The van der Waals surface area contributed by atoms with Crippen LogP contribution >= 0.6 is 0 Å². The molecule has 0 atom stereocenters. The Morgan fingerprint density at radius 2 is 1.74 bits per heavy atom. The lowest BCUT2D eigenvalue weighted by Gasteiger charge is -2.20. The quantitative estimate of drug-likeness (QED) is 0.679. The van der Waals surface area contributed by atoms with Crippen molar-refractivity contribution < 1.29 is 9.47 Å². The second kappa shape index (κ2) is 8.40. The van der Waals surface area contributed by atoms with E-state index in [-0.39, 0.29) is 0 Å². The Morgan fingerprint density at radius 3 is 2.44 bits per heavy atom. The van der Waals surface area contributed by atoms with E-state index >= 15 is 0 Å². The molecular formula is C21H24N4O2. The molecular weight excluding hydrogens is 340 g/mol. The highest BCUT2D eigenvalue weighted by atomic mass is 16.5. The maximum absolute atomic E-state index is 5.44. The average molecular weight is 364 g/mol. The Labute approximate surface area is 159 Å². The zero-order chi connectivity index (χ0) is 19.2. The number of nitrogens with zero attached hydrogens (tertiary/aromatic N) is 3. The number of methoxy groups -OCH3 is 2. The summed E-state index contributed by atoms with van der Waals surface area (Å²) >= 11 is 0. The smallest absolute Gasteiger partial charge is 0.229 e. The van der Waals surface area contributed by atoms with Crippen molar-refractivity contribution in [3.05, 3.63) is 65.9 Å². The van der Waals surface area contributed by atoms with Crippen LogP contribution in [0.5, 0.6) is 11.5 Å². The largest absolute Gasteiger partial charge is 0.497 e. The molecule has 0 bridgehead atoms. The summed E-state index contributed by atoms with van der Waals surface area (Å²) in [6, 6.07) is 17.8. The monoisotopic (exact) mass is 364 g/mol. The highest BCUT2D eigenvalue weighted by molar-refractivity contribution is 5.65. The van der Waals surface area contributed by atoms with Gasteiger partial charge in [-0.3, -0.25) is 0 Å². The first-order valence-electron chi connectivity index (χ1n) is 8.69. The van der Waals surface area contributed by atoms with Crippen molar-refractivity contribution in [2.24, 2.45) is 0 Å². The van der Waals surface area contributed by atoms with Crippen LogP contribution in [0.15, 0.2) is 54.6 Å². The van der Waals surface area contributed by atoms with Crippen LogP contribution in [0.4, 0.5) is 17.5 Å². The summed E-state index contributed by atoms with van der Waals surface area (Å²) in [7, 11) is 5.27. The van der Waals surface area contributed by atoms with E-state index in [9.17, 15) is 0 Å². The molecule has 3 aromatic rings. The molecule has 6 heteroatoms. The van der Waals surface area contributed by atoms with Crippen LogP contribution in [0.25, 0.3) is 0 Å². The molecule has 0 saturated heterocycles. The second-order valence-electron chi connectivity index (χ2n) is 6.22. The van der Waals surface area contributed by atoms with Gasteiger partial charge < -0.3 is 19.7 Å². The first-order valence-corrected chi connectivity index (χ1v) is 8.69. The first kappa shape index (κ1) is 18.5. The van der Waals surface area contributed by atoms with Gasteiger partial charge >= 0.3 is 0 Å². The third kappa shape index (κ3) is 4.67. The summed E-state index contributed by atoms with van der Waals surface area (Å²) in [5.41, 5.74) is 2.89. The fourth-order valence-corrected chi connectivity index (χ4v) is 2.76. The molecule has 0 unspecified atom stereocenters. The Hall–Kier alpha value is -3.28. The Morgan fingerprint density at radius 1 is 0.963 bits per heavy atom. The standard InChI is InChI=1S/C21H24N4O2/c1-15-12-20(25(2)14-16-8-6-5-7-9-16)24-21(22-15)23-18-11-10-17(26-3)13-19(18)27-4/h5-13H,14H2,1-4H3,(H,22,23,24). The van der Waals surface area contributed by atoms with Gasteiger partial charge in [0.15, 0.2) is 0 Å². The number of aryl methyl sites for hydroxylation is 1. The Kier molecular flexibility index (Phi) is 5.76. The minimum Gasteiger partial charge on any atom is -0.497 e. The highest BCUT2D eigenvalue weighted by Crippen LogP contribution is 2.31. The molecule has 1 aromatic heterocycles. The molecule has 140 valence electrons. The number of hydrogen-bond acceptors (Lipinski definition) is 6. The number of rotatable bonds is 7. The molecule has 0 saturated carbocycles. The molecule has 1 N–H and O–H groups in total. The van der Waals surface area contributed by atoms with Gasteiger partial charge in [0.05, 0.1) is 19.9 Å². The Bertz CT molecular complexity index is 900. The lowest BCUT2D eigenvalue weighted by molar-refractivity contribution is 0.395. The third-order valence-corrected chi connectivity index (χ3v) is 4.15. The number of benzene rings is 2. The molecule has 3 rings (SSSR count). The van der Waals surface area contributed by atoms with Crippen molar-refractivity contribution >= 4 is 17.5 Å². The molecule has 6 nitrogen and oxygen atoms in total. The predicted octanol–water partition coefficient (Wildman–Crippen LogP) is 4.18. The van der Waals surface area contributed by atoms with Crippen molar-refractivity contribution in [2.75, 3.05) is 31.5 Å². The van der Waals surface area contributed by atoms with Gasteiger partial charge in [0.2, 0.25) is 5.95 Å². The van der Waals surface area contributed by atoms with Crippen molar-refractivity contribution in [1.29, 1.82) is 0 Å². The summed E-state index contributed by atoms with van der Waals surface area (Å²) in [5.74, 6) is 2.76. The summed E-state index contributed by atoms with van der Waals surface area (Å²) in [6.45, 7) is 2.72. The summed E-state index contributed by atoms with van der Waals surface area (Å²) in [6.07, 6.45) is 0. The predicted molar refractivity (Wildman–Crippen MR) is 108 cm³/mol. The molecule has 0 amide bonds.